The summed E-state index contributed by atoms with van der Waals surface area (Å²) < 4.78 is 6.40. The number of aryl methyl sites for hydroxylation is 1. The maximum absolute atomic E-state index is 11.8. The van der Waals surface area contributed by atoms with E-state index in [1.165, 1.54) is 0 Å². The Balaban J connectivity index is 2.65. The number of amides is 1. The van der Waals surface area contributed by atoms with Crippen molar-refractivity contribution in [1.29, 1.82) is 0 Å². The Morgan fingerprint density at radius 2 is 2.11 bits per heavy atom. The predicted molar refractivity (Wildman–Crippen MR) is 81.9 cm³/mol. The van der Waals surface area contributed by atoms with Gasteiger partial charge in [0.05, 0.1) is 5.02 Å². The molecular weight excluding hydrogens is 330 g/mol. The fourth-order valence-electron chi connectivity index (χ4n) is 1.51. The van der Waals surface area contributed by atoms with Crippen LogP contribution in [0.3, 0.4) is 0 Å². The number of halogens is 2. The lowest BCUT2D eigenvalue weighted by atomic mass is 10.0. The van der Waals surface area contributed by atoms with Crippen LogP contribution >= 0.6 is 27.5 Å². The van der Waals surface area contributed by atoms with Gasteiger partial charge in [0.15, 0.2) is 6.61 Å². The Hall–Kier alpha value is -0.740. The number of ether oxygens (including phenoxy) is 1. The van der Waals surface area contributed by atoms with Crippen molar-refractivity contribution in [1.82, 2.24) is 5.32 Å². The van der Waals surface area contributed by atoms with Crippen molar-refractivity contribution < 1.29 is 9.53 Å². The van der Waals surface area contributed by atoms with Crippen molar-refractivity contribution in [3.05, 3.63) is 27.2 Å². The van der Waals surface area contributed by atoms with Gasteiger partial charge >= 0.3 is 0 Å². The third-order valence-electron chi connectivity index (χ3n) is 2.90. The SMILES string of the molecule is CCC(C)(C)NC(=O)COc1c(C)cc(Br)cc1Cl. The molecule has 0 saturated carbocycles. The van der Waals surface area contributed by atoms with Crippen molar-refractivity contribution in [2.24, 2.45) is 0 Å². The van der Waals surface area contributed by atoms with E-state index in [-0.39, 0.29) is 18.1 Å². The molecular formula is C14H19BrClNO2. The Morgan fingerprint density at radius 1 is 1.47 bits per heavy atom. The predicted octanol–water partition coefficient (Wildman–Crippen LogP) is 4.09. The largest absolute Gasteiger partial charge is 0.482 e. The van der Waals surface area contributed by atoms with Crippen LogP contribution in [0.15, 0.2) is 16.6 Å². The number of carbonyl (C=O) groups excluding carboxylic acids is 1. The smallest absolute Gasteiger partial charge is 0.258 e. The van der Waals surface area contributed by atoms with E-state index in [0.29, 0.717) is 10.8 Å². The number of rotatable bonds is 5. The minimum Gasteiger partial charge on any atom is -0.482 e. The van der Waals surface area contributed by atoms with Crippen LogP contribution in [-0.4, -0.2) is 18.1 Å². The topological polar surface area (TPSA) is 38.3 Å². The van der Waals surface area contributed by atoms with Crippen molar-refractivity contribution in [2.75, 3.05) is 6.61 Å². The highest BCUT2D eigenvalue weighted by Crippen LogP contribution is 2.31. The van der Waals surface area contributed by atoms with E-state index in [2.05, 4.69) is 21.2 Å². The first kappa shape index (κ1) is 16.3. The molecule has 0 heterocycles. The molecule has 0 radical (unpaired) electrons. The first-order valence-electron chi connectivity index (χ1n) is 6.14. The van der Waals surface area contributed by atoms with Crippen LogP contribution in [0.1, 0.15) is 32.8 Å². The molecule has 1 aromatic rings. The molecule has 1 aromatic carbocycles. The molecule has 0 unspecified atom stereocenters. The lowest BCUT2D eigenvalue weighted by Gasteiger charge is -2.24. The second-order valence-electron chi connectivity index (χ2n) is 5.11. The number of hydrogen-bond donors (Lipinski definition) is 1. The number of benzene rings is 1. The average molecular weight is 349 g/mol. The Kier molecular flexibility index (Phi) is 5.68. The molecule has 0 atom stereocenters. The van der Waals surface area contributed by atoms with Gasteiger partial charge in [0, 0.05) is 10.0 Å². The van der Waals surface area contributed by atoms with Crippen LogP contribution in [0.5, 0.6) is 5.75 Å². The zero-order valence-electron chi connectivity index (χ0n) is 11.6. The third kappa shape index (κ3) is 5.03. The summed E-state index contributed by atoms with van der Waals surface area (Å²) in [4.78, 5) is 11.8. The van der Waals surface area contributed by atoms with E-state index in [1.54, 1.807) is 6.07 Å². The Bertz CT molecular complexity index is 452. The van der Waals surface area contributed by atoms with Crippen LogP contribution in [0.4, 0.5) is 0 Å². The summed E-state index contributed by atoms with van der Waals surface area (Å²) in [5.41, 5.74) is 0.667. The van der Waals surface area contributed by atoms with Gasteiger partial charge in [-0.25, -0.2) is 0 Å². The molecule has 3 nitrogen and oxygen atoms in total. The third-order valence-corrected chi connectivity index (χ3v) is 3.64. The highest BCUT2D eigenvalue weighted by atomic mass is 79.9. The average Bonchev–Trinajstić information content (AvgIpc) is 2.26. The van der Waals surface area contributed by atoms with E-state index < -0.39 is 0 Å². The molecule has 5 heteroatoms. The summed E-state index contributed by atoms with van der Waals surface area (Å²) in [6.45, 7) is 7.83. The molecule has 0 bridgehead atoms. The minimum atomic E-state index is -0.223. The first-order valence-corrected chi connectivity index (χ1v) is 7.31. The van der Waals surface area contributed by atoms with Gasteiger partial charge in [-0.1, -0.05) is 34.5 Å². The molecule has 19 heavy (non-hydrogen) atoms. The van der Waals surface area contributed by atoms with Gasteiger partial charge in [-0.3, -0.25) is 4.79 Å². The lowest BCUT2D eigenvalue weighted by Crippen LogP contribution is -2.44. The minimum absolute atomic E-state index is 0.0361. The standard InChI is InChI=1S/C14H19BrClNO2/c1-5-14(3,4)17-12(18)8-19-13-9(2)6-10(15)7-11(13)16/h6-7H,5,8H2,1-4H3,(H,17,18). The molecule has 0 saturated heterocycles. The van der Waals surface area contributed by atoms with Crippen LogP contribution in [-0.2, 0) is 4.79 Å². The first-order chi connectivity index (χ1) is 8.75. The molecule has 0 aromatic heterocycles. The van der Waals surface area contributed by atoms with Crippen molar-refractivity contribution in [2.45, 2.75) is 39.7 Å². The maximum Gasteiger partial charge on any atom is 0.258 e. The van der Waals surface area contributed by atoms with Crippen molar-refractivity contribution in [3.63, 3.8) is 0 Å². The summed E-state index contributed by atoms with van der Waals surface area (Å²) in [7, 11) is 0. The summed E-state index contributed by atoms with van der Waals surface area (Å²) in [5.74, 6) is 0.402. The fraction of sp³-hybridized carbons (Fsp3) is 0.500. The monoisotopic (exact) mass is 347 g/mol. The summed E-state index contributed by atoms with van der Waals surface area (Å²) in [6.07, 6.45) is 0.858. The van der Waals surface area contributed by atoms with Crippen LogP contribution in [0.2, 0.25) is 5.02 Å². The number of nitrogens with one attached hydrogen (secondary N) is 1. The van der Waals surface area contributed by atoms with E-state index >= 15 is 0 Å². The molecule has 1 amide bonds. The van der Waals surface area contributed by atoms with Gasteiger partial charge in [0.2, 0.25) is 0 Å². The van der Waals surface area contributed by atoms with Crippen LogP contribution < -0.4 is 10.1 Å². The Morgan fingerprint density at radius 3 is 2.63 bits per heavy atom. The van der Waals surface area contributed by atoms with Gasteiger partial charge in [-0.05, 0) is 44.9 Å². The quantitative estimate of drug-likeness (QED) is 0.870. The second kappa shape index (κ2) is 6.62. The Labute approximate surface area is 127 Å². The highest BCUT2D eigenvalue weighted by Gasteiger charge is 2.18. The van der Waals surface area contributed by atoms with E-state index in [4.69, 9.17) is 16.3 Å². The maximum atomic E-state index is 11.8. The normalized spacial score (nSPS) is 11.3. The molecule has 0 aliphatic carbocycles. The molecule has 0 spiro atoms. The fourth-order valence-corrected chi connectivity index (χ4v) is 2.54. The van der Waals surface area contributed by atoms with Gasteiger partial charge in [0.1, 0.15) is 5.75 Å². The molecule has 1 N–H and O–H groups in total. The van der Waals surface area contributed by atoms with Gasteiger partial charge in [-0.15, -0.1) is 0 Å². The van der Waals surface area contributed by atoms with Crippen molar-refractivity contribution in [3.8, 4) is 5.75 Å². The lowest BCUT2D eigenvalue weighted by molar-refractivity contribution is -0.124. The molecule has 106 valence electrons. The van der Waals surface area contributed by atoms with Crippen molar-refractivity contribution >= 4 is 33.4 Å². The molecule has 0 aliphatic rings. The molecule has 0 aliphatic heterocycles. The highest BCUT2D eigenvalue weighted by molar-refractivity contribution is 9.10. The van der Waals surface area contributed by atoms with Gasteiger partial charge < -0.3 is 10.1 Å². The van der Waals surface area contributed by atoms with E-state index in [9.17, 15) is 4.79 Å². The summed E-state index contributed by atoms with van der Waals surface area (Å²) in [5, 5.41) is 3.41. The second-order valence-corrected chi connectivity index (χ2v) is 6.43. The zero-order chi connectivity index (χ0) is 14.6. The van der Waals surface area contributed by atoms with E-state index in [1.807, 2.05) is 33.8 Å². The van der Waals surface area contributed by atoms with Gasteiger partial charge in [0.25, 0.3) is 5.91 Å². The number of hydrogen-bond acceptors (Lipinski definition) is 2. The zero-order valence-corrected chi connectivity index (χ0v) is 14.0. The summed E-state index contributed by atoms with van der Waals surface area (Å²) in [6, 6.07) is 3.65. The summed E-state index contributed by atoms with van der Waals surface area (Å²) >= 11 is 9.45. The van der Waals surface area contributed by atoms with Gasteiger partial charge in [-0.2, -0.15) is 0 Å². The van der Waals surface area contributed by atoms with Crippen LogP contribution in [0.25, 0.3) is 0 Å². The molecule has 1 rings (SSSR count). The van der Waals surface area contributed by atoms with E-state index in [0.717, 1.165) is 16.5 Å². The van der Waals surface area contributed by atoms with Crippen LogP contribution in [0, 0.1) is 6.92 Å². The number of carbonyl (C=O) groups is 1. The molecule has 0 fully saturated rings.